The minimum absolute atomic E-state index is 0.278. The molecule has 1 heterocycles. The van der Waals surface area contributed by atoms with E-state index in [-0.39, 0.29) is 5.82 Å². The van der Waals surface area contributed by atoms with Gasteiger partial charge in [-0.1, -0.05) is 6.07 Å². The Bertz CT molecular complexity index is 702. The zero-order valence-corrected chi connectivity index (χ0v) is 16.3. The van der Waals surface area contributed by atoms with Crippen LogP contribution in [0.2, 0.25) is 0 Å². The lowest BCUT2D eigenvalue weighted by Gasteiger charge is -2.10. The van der Waals surface area contributed by atoms with Crippen LogP contribution < -0.4 is 15.5 Å². The van der Waals surface area contributed by atoms with Gasteiger partial charge in [-0.3, -0.25) is 0 Å². The van der Waals surface area contributed by atoms with E-state index in [0.29, 0.717) is 23.5 Å². The molecule has 0 radical (unpaired) electrons. The Balaban J connectivity index is 1.98. The number of hydrogen-bond acceptors (Lipinski definition) is 4. The van der Waals surface area contributed by atoms with Crippen molar-refractivity contribution in [2.45, 2.75) is 20.0 Å². The molecule has 0 saturated heterocycles. The lowest BCUT2D eigenvalue weighted by Crippen LogP contribution is -2.36. The number of rotatable bonds is 6. The first kappa shape index (κ1) is 18.7. The summed E-state index contributed by atoms with van der Waals surface area (Å²) in [5.41, 5.74) is 1.78. The van der Waals surface area contributed by atoms with Gasteiger partial charge in [0, 0.05) is 26.0 Å². The van der Waals surface area contributed by atoms with Crippen LogP contribution in [0.5, 0.6) is 0 Å². The molecule has 2 aromatic rings. The summed E-state index contributed by atoms with van der Waals surface area (Å²) in [6.07, 6.45) is 0. The van der Waals surface area contributed by atoms with Crippen LogP contribution in [0.25, 0.3) is 0 Å². The number of halogens is 2. The van der Waals surface area contributed by atoms with Crippen molar-refractivity contribution >= 4 is 38.4 Å². The van der Waals surface area contributed by atoms with Crippen molar-refractivity contribution in [1.82, 2.24) is 15.6 Å². The molecular formula is C16H21BrFN5S. The van der Waals surface area contributed by atoms with Crippen LogP contribution in [0, 0.1) is 5.82 Å². The second kappa shape index (κ2) is 8.98. The zero-order valence-electron chi connectivity index (χ0n) is 13.9. The normalized spacial score (nSPS) is 11.5. The number of thiazole rings is 1. The second-order valence-corrected chi connectivity index (χ2v) is 7.00. The second-order valence-electron chi connectivity index (χ2n) is 5.31. The van der Waals surface area contributed by atoms with E-state index in [9.17, 15) is 4.39 Å². The fourth-order valence-electron chi connectivity index (χ4n) is 1.91. The lowest BCUT2D eigenvalue weighted by atomic mass is 10.2. The number of nitrogens with one attached hydrogen (secondary N) is 2. The highest BCUT2D eigenvalue weighted by Crippen LogP contribution is 2.18. The van der Waals surface area contributed by atoms with Crippen LogP contribution in [0.3, 0.4) is 0 Å². The summed E-state index contributed by atoms with van der Waals surface area (Å²) in [4.78, 5) is 11.0. The highest BCUT2D eigenvalue weighted by atomic mass is 79.9. The molecule has 0 bridgehead atoms. The third-order valence-corrected chi connectivity index (χ3v) is 4.81. The molecule has 0 amide bonds. The van der Waals surface area contributed by atoms with Gasteiger partial charge in [-0.05, 0) is 40.5 Å². The van der Waals surface area contributed by atoms with Crippen LogP contribution in [0.4, 0.5) is 9.52 Å². The van der Waals surface area contributed by atoms with Crippen molar-refractivity contribution < 1.29 is 4.39 Å². The molecule has 130 valence electrons. The van der Waals surface area contributed by atoms with Gasteiger partial charge in [0.05, 0.1) is 23.3 Å². The molecule has 0 aliphatic heterocycles. The maximum absolute atomic E-state index is 13.6. The Morgan fingerprint density at radius 1 is 1.38 bits per heavy atom. The van der Waals surface area contributed by atoms with Gasteiger partial charge in [-0.2, -0.15) is 0 Å². The minimum Gasteiger partial charge on any atom is -0.357 e. The zero-order chi connectivity index (χ0) is 17.5. The molecule has 0 spiro atoms. The van der Waals surface area contributed by atoms with Gasteiger partial charge in [0.2, 0.25) is 0 Å². The predicted molar refractivity (Wildman–Crippen MR) is 102 cm³/mol. The number of anilines is 1. The van der Waals surface area contributed by atoms with Crippen molar-refractivity contribution in [2.24, 2.45) is 4.99 Å². The van der Waals surface area contributed by atoms with E-state index in [1.165, 1.54) is 6.07 Å². The highest BCUT2D eigenvalue weighted by Gasteiger charge is 2.05. The Hall–Kier alpha value is -1.67. The van der Waals surface area contributed by atoms with E-state index in [2.05, 4.69) is 36.5 Å². The number of nitrogens with zero attached hydrogens (tertiary/aromatic N) is 3. The quantitative estimate of drug-likeness (QED) is 0.562. The number of benzene rings is 1. The molecule has 1 aromatic carbocycles. The van der Waals surface area contributed by atoms with Crippen LogP contribution in [-0.4, -0.2) is 31.6 Å². The topological polar surface area (TPSA) is 52.6 Å². The van der Waals surface area contributed by atoms with Crippen LogP contribution >= 0.6 is 27.3 Å². The van der Waals surface area contributed by atoms with Gasteiger partial charge in [-0.25, -0.2) is 14.4 Å². The van der Waals surface area contributed by atoms with E-state index < -0.39 is 0 Å². The average Bonchev–Trinajstić information content (AvgIpc) is 3.02. The van der Waals surface area contributed by atoms with Crippen molar-refractivity contribution in [3.8, 4) is 0 Å². The molecule has 8 heteroatoms. The smallest absolute Gasteiger partial charge is 0.191 e. The average molecular weight is 414 g/mol. The third kappa shape index (κ3) is 5.45. The summed E-state index contributed by atoms with van der Waals surface area (Å²) in [7, 11) is 3.94. The Morgan fingerprint density at radius 2 is 2.17 bits per heavy atom. The van der Waals surface area contributed by atoms with Gasteiger partial charge in [0.25, 0.3) is 0 Å². The molecule has 0 aliphatic carbocycles. The van der Waals surface area contributed by atoms with Crippen molar-refractivity contribution in [3.63, 3.8) is 0 Å². The van der Waals surface area contributed by atoms with Gasteiger partial charge < -0.3 is 15.5 Å². The summed E-state index contributed by atoms with van der Waals surface area (Å²) in [5.74, 6) is 0.402. The molecule has 0 unspecified atom stereocenters. The van der Waals surface area contributed by atoms with Gasteiger partial charge in [0.15, 0.2) is 11.1 Å². The van der Waals surface area contributed by atoms with Gasteiger partial charge in [0.1, 0.15) is 5.82 Å². The van der Waals surface area contributed by atoms with Crippen molar-refractivity contribution in [2.75, 3.05) is 25.5 Å². The molecule has 0 aliphatic rings. The summed E-state index contributed by atoms with van der Waals surface area (Å²) in [5, 5.41) is 9.42. The molecular weight excluding hydrogens is 393 g/mol. The summed E-state index contributed by atoms with van der Waals surface area (Å²) in [6.45, 7) is 3.74. The number of hydrogen-bond donors (Lipinski definition) is 2. The first-order valence-electron chi connectivity index (χ1n) is 7.57. The fourth-order valence-corrected chi connectivity index (χ4v) is 2.91. The standard InChI is InChI=1S/C16H21BrFN5S/c1-4-19-15(20-8-11-5-6-13(17)14(18)7-11)21-9-12-10-24-16(22-12)23(2)3/h5-7,10H,4,8-9H2,1-3H3,(H2,19,20,21). The number of aliphatic imine (C=N–C) groups is 1. The van der Waals surface area contributed by atoms with E-state index >= 15 is 0 Å². The largest absolute Gasteiger partial charge is 0.357 e. The first-order chi connectivity index (χ1) is 11.5. The number of guanidine groups is 1. The van der Waals surface area contributed by atoms with Crippen LogP contribution in [-0.2, 0) is 13.1 Å². The minimum atomic E-state index is -0.278. The van der Waals surface area contributed by atoms with E-state index in [1.807, 2.05) is 37.4 Å². The van der Waals surface area contributed by atoms with Crippen molar-refractivity contribution in [3.05, 3.63) is 45.1 Å². The SMILES string of the molecule is CCNC(=NCc1ccc(Br)c(F)c1)NCc1csc(N(C)C)n1. The highest BCUT2D eigenvalue weighted by molar-refractivity contribution is 9.10. The van der Waals surface area contributed by atoms with Crippen molar-refractivity contribution in [1.29, 1.82) is 0 Å². The van der Waals surface area contributed by atoms with Gasteiger partial charge in [-0.15, -0.1) is 11.3 Å². The molecule has 2 rings (SSSR count). The third-order valence-electron chi connectivity index (χ3n) is 3.11. The Labute approximate surface area is 154 Å². The maximum Gasteiger partial charge on any atom is 0.191 e. The Kier molecular flexibility index (Phi) is 6.99. The van der Waals surface area contributed by atoms with Gasteiger partial charge >= 0.3 is 0 Å². The fraction of sp³-hybridized carbons (Fsp3) is 0.375. The summed E-state index contributed by atoms with van der Waals surface area (Å²) >= 11 is 4.76. The molecule has 0 fully saturated rings. The summed E-state index contributed by atoms with van der Waals surface area (Å²) < 4.78 is 14.0. The predicted octanol–water partition coefficient (Wildman–Crippen LogP) is 3.37. The van der Waals surface area contributed by atoms with E-state index in [4.69, 9.17) is 0 Å². The van der Waals surface area contributed by atoms with E-state index in [1.54, 1.807) is 17.4 Å². The molecule has 5 nitrogen and oxygen atoms in total. The van der Waals surface area contributed by atoms with Crippen LogP contribution in [0.1, 0.15) is 18.2 Å². The maximum atomic E-state index is 13.6. The van der Waals surface area contributed by atoms with Crippen LogP contribution in [0.15, 0.2) is 33.0 Å². The number of aromatic nitrogens is 1. The monoisotopic (exact) mass is 413 g/mol. The Morgan fingerprint density at radius 3 is 2.79 bits per heavy atom. The molecule has 2 N–H and O–H groups in total. The molecule has 24 heavy (non-hydrogen) atoms. The molecule has 1 aromatic heterocycles. The van der Waals surface area contributed by atoms with E-state index in [0.717, 1.165) is 22.9 Å². The molecule has 0 atom stereocenters. The molecule has 0 saturated carbocycles. The lowest BCUT2D eigenvalue weighted by molar-refractivity contribution is 0.618. The summed E-state index contributed by atoms with van der Waals surface area (Å²) in [6, 6.07) is 5.03. The first-order valence-corrected chi connectivity index (χ1v) is 9.24.